The van der Waals surface area contributed by atoms with E-state index in [-0.39, 0.29) is 0 Å². The molecule has 0 saturated carbocycles. The minimum absolute atomic E-state index is 0.683. The van der Waals surface area contributed by atoms with Gasteiger partial charge in [0.15, 0.2) is 0 Å². The van der Waals surface area contributed by atoms with E-state index in [1.807, 2.05) is 12.1 Å². The lowest BCUT2D eigenvalue weighted by molar-refractivity contribution is 0.218. The van der Waals surface area contributed by atoms with Gasteiger partial charge in [-0.2, -0.15) is 0 Å². The smallest absolute Gasteiger partial charge is 0.140 e. The van der Waals surface area contributed by atoms with Gasteiger partial charge in [0.1, 0.15) is 5.82 Å². The molecule has 13 heavy (non-hydrogen) atoms. The molecule has 3 N–H and O–H groups in total. The summed E-state index contributed by atoms with van der Waals surface area (Å²) in [7, 11) is 1.69. The molecule has 72 valence electrons. The number of rotatable bonds is 5. The van der Waals surface area contributed by atoms with Crippen LogP contribution in [-0.4, -0.2) is 24.5 Å². The molecule has 0 atom stereocenters. The molecule has 1 rings (SSSR count). The van der Waals surface area contributed by atoms with Gasteiger partial charge in [0.2, 0.25) is 0 Å². The van der Waals surface area contributed by atoms with Crippen LogP contribution in [0.4, 0.5) is 5.82 Å². The van der Waals surface area contributed by atoms with Crippen LogP contribution < -0.4 is 11.3 Å². The Balaban J connectivity index is 2.46. The quantitative estimate of drug-likeness (QED) is 0.322. The number of ether oxygens (including phenoxy) is 1. The molecule has 0 unspecified atom stereocenters. The first-order chi connectivity index (χ1) is 6.36. The maximum Gasteiger partial charge on any atom is 0.140 e. The largest absolute Gasteiger partial charge is 0.384 e. The summed E-state index contributed by atoms with van der Waals surface area (Å²) in [6.07, 6.45) is 1.73. The highest BCUT2D eigenvalue weighted by Gasteiger charge is 1.95. The van der Waals surface area contributed by atoms with E-state index in [9.17, 15) is 0 Å². The van der Waals surface area contributed by atoms with E-state index in [1.54, 1.807) is 25.1 Å². The molecule has 0 aromatic carbocycles. The van der Waals surface area contributed by atoms with E-state index in [0.717, 1.165) is 17.3 Å². The zero-order valence-corrected chi connectivity index (χ0v) is 8.30. The Morgan fingerprint density at radius 1 is 1.69 bits per heavy atom. The number of nitrogens with two attached hydrogens (primary N) is 1. The first-order valence-electron chi connectivity index (χ1n) is 3.91. The fraction of sp³-hybridized carbons (Fsp3) is 0.375. The number of nitrogens with zero attached hydrogens (tertiary/aromatic N) is 1. The molecule has 0 aliphatic carbocycles. The van der Waals surface area contributed by atoms with Crippen molar-refractivity contribution in [3.05, 3.63) is 18.3 Å². The number of nitrogens with one attached hydrogen (secondary N) is 1. The number of hydrogen-bond acceptors (Lipinski definition) is 5. The minimum atomic E-state index is 0.683. The SMILES string of the molecule is COCCSc1ccnc(NN)c1. The molecule has 1 heterocycles. The van der Waals surface area contributed by atoms with Gasteiger partial charge in [-0.25, -0.2) is 10.8 Å². The number of hydrogen-bond donors (Lipinski definition) is 2. The van der Waals surface area contributed by atoms with E-state index >= 15 is 0 Å². The number of hydrazine groups is 1. The number of pyridine rings is 1. The first-order valence-corrected chi connectivity index (χ1v) is 4.90. The summed E-state index contributed by atoms with van der Waals surface area (Å²) in [6.45, 7) is 0.748. The number of anilines is 1. The lowest BCUT2D eigenvalue weighted by Gasteiger charge is -2.02. The summed E-state index contributed by atoms with van der Waals surface area (Å²) < 4.78 is 4.94. The zero-order valence-electron chi connectivity index (χ0n) is 7.49. The molecule has 0 aliphatic rings. The lowest BCUT2D eigenvalue weighted by atomic mass is 10.5. The molecule has 1 aromatic rings. The highest BCUT2D eigenvalue weighted by Crippen LogP contribution is 2.18. The summed E-state index contributed by atoms with van der Waals surface area (Å²) in [5.41, 5.74) is 2.50. The summed E-state index contributed by atoms with van der Waals surface area (Å²) >= 11 is 1.71. The molecular formula is C8H13N3OS. The molecule has 5 heteroatoms. The standard InChI is InChI=1S/C8H13N3OS/c1-12-4-5-13-7-2-3-10-8(6-7)11-9/h2-3,6H,4-5,9H2,1H3,(H,10,11). The van der Waals surface area contributed by atoms with Gasteiger partial charge in [-0.05, 0) is 12.1 Å². The van der Waals surface area contributed by atoms with E-state index in [2.05, 4.69) is 10.4 Å². The summed E-state index contributed by atoms with van der Waals surface area (Å²) in [6, 6.07) is 3.85. The van der Waals surface area contributed by atoms with Gasteiger partial charge in [0.25, 0.3) is 0 Å². The molecule has 1 aromatic heterocycles. The van der Waals surface area contributed by atoms with E-state index < -0.39 is 0 Å². The second-order valence-electron chi connectivity index (χ2n) is 2.36. The van der Waals surface area contributed by atoms with Crippen molar-refractivity contribution in [1.82, 2.24) is 4.98 Å². The maximum atomic E-state index is 5.23. The molecular weight excluding hydrogens is 186 g/mol. The minimum Gasteiger partial charge on any atom is -0.384 e. The molecule has 0 aliphatic heterocycles. The Hall–Kier alpha value is -0.780. The molecule has 0 saturated heterocycles. The van der Waals surface area contributed by atoms with Crippen molar-refractivity contribution in [2.24, 2.45) is 5.84 Å². The van der Waals surface area contributed by atoms with Crippen LogP contribution in [0.2, 0.25) is 0 Å². The third-order valence-corrected chi connectivity index (χ3v) is 2.39. The van der Waals surface area contributed by atoms with E-state index in [1.165, 1.54) is 0 Å². The van der Waals surface area contributed by atoms with Crippen LogP contribution >= 0.6 is 11.8 Å². The van der Waals surface area contributed by atoms with Crippen molar-refractivity contribution in [2.75, 3.05) is 24.9 Å². The van der Waals surface area contributed by atoms with Crippen LogP contribution in [0, 0.1) is 0 Å². The fourth-order valence-electron chi connectivity index (χ4n) is 0.823. The first kappa shape index (κ1) is 10.3. The van der Waals surface area contributed by atoms with Gasteiger partial charge in [-0.15, -0.1) is 11.8 Å². The van der Waals surface area contributed by atoms with E-state index in [4.69, 9.17) is 10.6 Å². The van der Waals surface area contributed by atoms with Crippen LogP contribution in [0.5, 0.6) is 0 Å². The van der Waals surface area contributed by atoms with Gasteiger partial charge in [0, 0.05) is 24.0 Å². The molecule has 0 amide bonds. The Morgan fingerprint density at radius 3 is 3.23 bits per heavy atom. The topological polar surface area (TPSA) is 60.2 Å². The Labute approximate surface area is 81.8 Å². The van der Waals surface area contributed by atoms with Crippen LogP contribution in [0.3, 0.4) is 0 Å². The number of methoxy groups -OCH3 is 1. The summed E-state index contributed by atoms with van der Waals surface area (Å²) in [5, 5.41) is 0. The van der Waals surface area contributed by atoms with Crippen molar-refractivity contribution < 1.29 is 4.74 Å². The van der Waals surface area contributed by atoms with Crippen molar-refractivity contribution in [3.63, 3.8) is 0 Å². The van der Waals surface area contributed by atoms with Gasteiger partial charge in [-0.3, -0.25) is 0 Å². The van der Waals surface area contributed by atoms with Crippen LogP contribution in [0.25, 0.3) is 0 Å². The van der Waals surface area contributed by atoms with Crippen molar-refractivity contribution in [2.45, 2.75) is 4.90 Å². The van der Waals surface area contributed by atoms with Crippen molar-refractivity contribution in [3.8, 4) is 0 Å². The second kappa shape index (κ2) is 5.80. The Morgan fingerprint density at radius 2 is 2.54 bits per heavy atom. The van der Waals surface area contributed by atoms with Gasteiger partial charge < -0.3 is 10.2 Å². The Bertz CT molecular complexity index is 257. The van der Waals surface area contributed by atoms with Crippen LogP contribution in [0.1, 0.15) is 0 Å². The molecule has 0 spiro atoms. The predicted molar refractivity (Wildman–Crippen MR) is 54.6 cm³/mol. The normalized spacial score (nSPS) is 10.0. The Kier molecular flexibility index (Phi) is 4.59. The average molecular weight is 199 g/mol. The monoisotopic (exact) mass is 199 g/mol. The lowest BCUT2D eigenvalue weighted by Crippen LogP contribution is -2.08. The van der Waals surface area contributed by atoms with Gasteiger partial charge in [0.05, 0.1) is 6.61 Å². The maximum absolute atomic E-state index is 5.23. The van der Waals surface area contributed by atoms with Crippen molar-refractivity contribution in [1.29, 1.82) is 0 Å². The molecule has 0 radical (unpaired) electrons. The second-order valence-corrected chi connectivity index (χ2v) is 3.53. The summed E-state index contributed by atoms with van der Waals surface area (Å²) in [5.74, 6) is 6.84. The van der Waals surface area contributed by atoms with E-state index in [0.29, 0.717) is 5.82 Å². The van der Waals surface area contributed by atoms with Gasteiger partial charge in [-0.1, -0.05) is 0 Å². The predicted octanol–water partition coefficient (Wildman–Crippen LogP) is 1.11. The number of nitrogen functional groups attached to an aromatic ring is 1. The zero-order chi connectivity index (χ0) is 9.52. The molecule has 0 fully saturated rings. The van der Waals surface area contributed by atoms with Crippen LogP contribution in [0.15, 0.2) is 23.2 Å². The molecule has 4 nitrogen and oxygen atoms in total. The fourth-order valence-corrected chi connectivity index (χ4v) is 1.66. The van der Waals surface area contributed by atoms with Crippen molar-refractivity contribution >= 4 is 17.6 Å². The van der Waals surface area contributed by atoms with Crippen LogP contribution in [-0.2, 0) is 4.74 Å². The highest BCUT2D eigenvalue weighted by molar-refractivity contribution is 7.99. The molecule has 0 bridgehead atoms. The number of aromatic nitrogens is 1. The average Bonchev–Trinajstić information content (AvgIpc) is 2.19. The summed E-state index contributed by atoms with van der Waals surface area (Å²) in [4.78, 5) is 5.14. The third-order valence-electron chi connectivity index (χ3n) is 1.44. The van der Waals surface area contributed by atoms with Gasteiger partial charge >= 0.3 is 0 Å². The third kappa shape index (κ3) is 3.63. The highest BCUT2D eigenvalue weighted by atomic mass is 32.2. The number of thioether (sulfide) groups is 1.